The lowest BCUT2D eigenvalue weighted by Gasteiger charge is -2.46. The number of rotatable bonds is 11. The zero-order valence-corrected chi connectivity index (χ0v) is 28.5. The summed E-state index contributed by atoms with van der Waals surface area (Å²) in [6.07, 6.45) is 9.61. The van der Waals surface area contributed by atoms with Gasteiger partial charge in [0.25, 0.3) is 11.5 Å². The number of hydrogen-bond donors (Lipinski definition) is 3. The normalized spacial score (nSPS) is 22.6. The van der Waals surface area contributed by atoms with Gasteiger partial charge in [-0.2, -0.15) is 0 Å². The number of pyridine rings is 1. The first-order chi connectivity index (χ1) is 22.9. The molecule has 48 heavy (non-hydrogen) atoms. The van der Waals surface area contributed by atoms with Gasteiger partial charge in [-0.3, -0.25) is 24.0 Å². The van der Waals surface area contributed by atoms with Crippen LogP contribution < -0.4 is 21.5 Å². The molecule has 6 unspecified atom stereocenters. The second kappa shape index (κ2) is 15.0. The molecule has 3 N–H and O–H groups in total. The molecule has 2 aliphatic rings. The fraction of sp³-hybridized carbons (Fsp3) is 0.486. The maximum Gasteiger partial charge on any atom is 0.287 e. The molecule has 0 radical (unpaired) electrons. The summed E-state index contributed by atoms with van der Waals surface area (Å²) < 4.78 is 7.09. The summed E-state index contributed by atoms with van der Waals surface area (Å²) in [4.78, 5) is 67.0. The van der Waals surface area contributed by atoms with E-state index in [-0.39, 0.29) is 42.3 Å². The predicted octanol–water partition coefficient (Wildman–Crippen LogP) is 4.64. The minimum atomic E-state index is -1.06. The van der Waals surface area contributed by atoms with Crippen molar-refractivity contribution in [1.29, 1.82) is 0 Å². The van der Waals surface area contributed by atoms with Crippen LogP contribution in [0.5, 0.6) is 0 Å². The number of anilines is 1. The second-order valence-corrected chi connectivity index (χ2v) is 13.9. The molecule has 11 nitrogen and oxygen atoms in total. The number of nitrogens with one attached hydrogen (secondary N) is 3. The topological polar surface area (TPSA) is 143 Å². The summed E-state index contributed by atoms with van der Waals surface area (Å²) in [6, 6.07) is 9.36. The van der Waals surface area contributed by atoms with Crippen molar-refractivity contribution in [3.05, 3.63) is 76.4 Å². The van der Waals surface area contributed by atoms with Gasteiger partial charge in [-0.1, -0.05) is 38.1 Å². The maximum absolute atomic E-state index is 13.6. The average Bonchev–Trinajstić information content (AvgIpc) is 3.38. The standard InChI is InChI=1S/C37H47N5O6/c1-22-17-25-19-23(2)33(26(18-22)20-25)40-31(43)21-42-16-10-13-29(37(42)47)39-35(45)28(12-7-9-15-32(44)41(4)5)38-36(46)34-24(3)27-11-6-8-14-30(27)48-34/h6,8-11,13-16,22-23,25-26,28,33H,7,12,17-21H2,1-5H3,(H,38,46)(H,39,45)(H,40,43)/b15-9+. The van der Waals surface area contributed by atoms with E-state index in [4.69, 9.17) is 4.42 Å². The number of carbonyl (C=O) groups is 4. The number of amides is 4. The van der Waals surface area contributed by atoms with E-state index in [9.17, 15) is 24.0 Å². The molecule has 0 saturated heterocycles. The molecule has 1 aromatic carbocycles. The third kappa shape index (κ3) is 8.06. The fourth-order valence-corrected chi connectivity index (χ4v) is 7.53. The van der Waals surface area contributed by atoms with Crippen LogP contribution in [-0.2, 0) is 20.9 Å². The van der Waals surface area contributed by atoms with Crippen molar-refractivity contribution < 1.29 is 23.6 Å². The number of aromatic nitrogens is 1. The van der Waals surface area contributed by atoms with Crippen LogP contribution in [0.2, 0.25) is 0 Å². The highest BCUT2D eigenvalue weighted by Gasteiger charge is 2.40. The zero-order valence-electron chi connectivity index (χ0n) is 28.5. The Kier molecular flexibility index (Phi) is 10.9. The third-order valence-electron chi connectivity index (χ3n) is 9.82. The number of nitrogens with zero attached hydrogens (tertiary/aromatic N) is 2. The molecule has 6 atom stereocenters. The van der Waals surface area contributed by atoms with Gasteiger partial charge >= 0.3 is 0 Å². The molecule has 2 aromatic heterocycles. The first-order valence-corrected chi connectivity index (χ1v) is 16.9. The predicted molar refractivity (Wildman–Crippen MR) is 184 cm³/mol. The molecule has 2 aliphatic carbocycles. The molecule has 3 aromatic rings. The molecule has 2 heterocycles. The molecule has 256 valence electrons. The Labute approximate surface area is 281 Å². The Balaban J connectivity index is 1.28. The largest absolute Gasteiger partial charge is 0.451 e. The third-order valence-corrected chi connectivity index (χ3v) is 9.82. The lowest BCUT2D eigenvalue weighted by molar-refractivity contribution is -0.124. The first kappa shape index (κ1) is 34.7. The summed E-state index contributed by atoms with van der Waals surface area (Å²) >= 11 is 0. The lowest BCUT2D eigenvalue weighted by Crippen LogP contribution is -2.51. The van der Waals surface area contributed by atoms with Crippen molar-refractivity contribution in [3.63, 3.8) is 0 Å². The van der Waals surface area contributed by atoms with E-state index >= 15 is 0 Å². The monoisotopic (exact) mass is 657 g/mol. The van der Waals surface area contributed by atoms with Crippen LogP contribution in [0.25, 0.3) is 11.0 Å². The quantitative estimate of drug-likeness (QED) is 0.257. The summed E-state index contributed by atoms with van der Waals surface area (Å²) in [7, 11) is 3.27. The van der Waals surface area contributed by atoms with Gasteiger partial charge in [-0.15, -0.1) is 0 Å². The van der Waals surface area contributed by atoms with Crippen LogP contribution in [0.15, 0.2) is 64.0 Å². The van der Waals surface area contributed by atoms with Crippen LogP contribution in [0.1, 0.15) is 68.5 Å². The molecule has 0 aliphatic heterocycles. The van der Waals surface area contributed by atoms with Crippen molar-refractivity contribution in [2.45, 2.75) is 77.9 Å². The molecular weight excluding hydrogens is 610 g/mol. The van der Waals surface area contributed by atoms with Crippen LogP contribution in [-0.4, -0.2) is 59.3 Å². The number of furan rings is 1. The number of para-hydroxylation sites is 1. The highest BCUT2D eigenvalue weighted by atomic mass is 16.3. The van der Waals surface area contributed by atoms with Crippen LogP contribution in [0, 0.1) is 30.6 Å². The molecule has 0 spiro atoms. The first-order valence-electron chi connectivity index (χ1n) is 16.9. The molecule has 5 rings (SSSR count). The zero-order chi connectivity index (χ0) is 34.5. The van der Waals surface area contributed by atoms with E-state index in [0.29, 0.717) is 35.3 Å². The highest BCUT2D eigenvalue weighted by molar-refractivity contribution is 6.03. The Morgan fingerprint density at radius 3 is 2.56 bits per heavy atom. The second-order valence-electron chi connectivity index (χ2n) is 13.9. The molecule has 4 amide bonds. The van der Waals surface area contributed by atoms with E-state index in [1.807, 2.05) is 18.2 Å². The van der Waals surface area contributed by atoms with E-state index in [0.717, 1.165) is 30.6 Å². The fourth-order valence-electron chi connectivity index (χ4n) is 7.53. The maximum atomic E-state index is 13.6. The van der Waals surface area contributed by atoms with Gasteiger partial charge in [0.2, 0.25) is 17.7 Å². The summed E-state index contributed by atoms with van der Waals surface area (Å²) in [5, 5.41) is 9.43. The number of fused-ring (bicyclic) bond motifs is 3. The van der Waals surface area contributed by atoms with Gasteiger partial charge in [-0.05, 0) is 93.4 Å². The van der Waals surface area contributed by atoms with Crippen molar-refractivity contribution in [3.8, 4) is 0 Å². The number of carbonyl (C=O) groups excluding carboxylic acids is 4. The minimum absolute atomic E-state index is 0.0113. The van der Waals surface area contributed by atoms with Crippen molar-refractivity contribution in [2.75, 3.05) is 19.4 Å². The minimum Gasteiger partial charge on any atom is -0.451 e. The number of benzene rings is 1. The molecule has 11 heteroatoms. The molecule has 2 fully saturated rings. The lowest BCUT2D eigenvalue weighted by atomic mass is 9.63. The van der Waals surface area contributed by atoms with Crippen LogP contribution in [0.4, 0.5) is 5.69 Å². The Bertz CT molecular complexity index is 1750. The van der Waals surface area contributed by atoms with Crippen LogP contribution >= 0.6 is 0 Å². The van der Waals surface area contributed by atoms with E-state index < -0.39 is 23.4 Å². The van der Waals surface area contributed by atoms with E-state index in [1.54, 1.807) is 39.2 Å². The molecule has 2 saturated carbocycles. The van der Waals surface area contributed by atoms with Gasteiger partial charge in [0.1, 0.15) is 23.9 Å². The van der Waals surface area contributed by atoms with E-state index in [2.05, 4.69) is 29.8 Å². The summed E-state index contributed by atoms with van der Waals surface area (Å²) in [5.74, 6) is 0.650. The van der Waals surface area contributed by atoms with E-state index in [1.165, 1.54) is 34.2 Å². The Morgan fingerprint density at radius 2 is 1.81 bits per heavy atom. The SMILES string of the molecule is Cc1c(C(=O)NC(CC/C=C/C(=O)N(C)C)C(=O)Nc2cccn(CC(=O)NC3C(C)CC4CC(C)CC3C4)c2=O)oc2ccccc12. The van der Waals surface area contributed by atoms with Gasteiger partial charge in [0.15, 0.2) is 5.76 Å². The van der Waals surface area contributed by atoms with Gasteiger partial charge < -0.3 is 29.8 Å². The number of aryl methyl sites for hydroxylation is 1. The highest BCUT2D eigenvalue weighted by Crippen LogP contribution is 2.44. The van der Waals surface area contributed by atoms with Gasteiger partial charge in [-0.25, -0.2) is 0 Å². The average molecular weight is 658 g/mol. The van der Waals surface area contributed by atoms with Gasteiger partial charge in [0.05, 0.1) is 0 Å². The Morgan fingerprint density at radius 1 is 1.04 bits per heavy atom. The summed E-state index contributed by atoms with van der Waals surface area (Å²) in [5.41, 5.74) is 0.653. The number of likely N-dealkylation sites (N-methyl/N-ethyl adjacent to an activating group) is 1. The van der Waals surface area contributed by atoms with Gasteiger partial charge in [0, 0.05) is 37.3 Å². The number of hydrogen-bond acceptors (Lipinski definition) is 6. The van der Waals surface area contributed by atoms with Crippen molar-refractivity contribution >= 4 is 40.3 Å². The Hall–Kier alpha value is -4.67. The molecule has 2 bridgehead atoms. The number of allylic oxidation sites excluding steroid dienone is 1. The summed E-state index contributed by atoms with van der Waals surface area (Å²) in [6.45, 7) is 6.08. The van der Waals surface area contributed by atoms with Crippen LogP contribution in [0.3, 0.4) is 0 Å². The molecular formula is C37H47N5O6. The smallest absolute Gasteiger partial charge is 0.287 e. The van der Waals surface area contributed by atoms with Crippen molar-refractivity contribution in [2.24, 2.45) is 23.7 Å². The van der Waals surface area contributed by atoms with Crippen molar-refractivity contribution in [1.82, 2.24) is 20.1 Å².